The van der Waals surface area contributed by atoms with E-state index in [9.17, 15) is 0 Å². The molecule has 0 saturated heterocycles. The van der Waals surface area contributed by atoms with E-state index in [0.29, 0.717) is 0 Å². The molecule has 1 aromatic rings. The Hall–Kier alpha value is -0.240. The van der Waals surface area contributed by atoms with E-state index in [1.807, 2.05) is 12.1 Å². The van der Waals surface area contributed by atoms with Crippen molar-refractivity contribution in [1.29, 1.82) is 0 Å². The number of hydrogen-bond acceptors (Lipinski definition) is 1. The Balaban J connectivity index is 0.000000720. The highest BCUT2D eigenvalue weighted by Crippen LogP contribution is 2.22. The van der Waals surface area contributed by atoms with E-state index in [0.717, 1.165) is 24.5 Å². The van der Waals surface area contributed by atoms with E-state index in [1.54, 1.807) is 0 Å². The van der Waals surface area contributed by atoms with Crippen LogP contribution in [0.4, 0.5) is 0 Å². The van der Waals surface area contributed by atoms with Crippen LogP contribution in [-0.4, -0.2) is 6.54 Å². The van der Waals surface area contributed by atoms with Gasteiger partial charge in [-0.25, -0.2) is 0 Å². The van der Waals surface area contributed by atoms with Gasteiger partial charge >= 0.3 is 0 Å². The van der Waals surface area contributed by atoms with Crippen molar-refractivity contribution in [2.45, 2.75) is 13.0 Å². The van der Waals surface area contributed by atoms with Gasteiger partial charge in [0.05, 0.1) is 0 Å². The Morgan fingerprint density at radius 2 is 2.17 bits per heavy atom. The van der Waals surface area contributed by atoms with E-state index < -0.39 is 0 Å². The fourth-order valence-corrected chi connectivity index (χ4v) is 1.73. The molecule has 1 nitrogen and oxygen atoms in total. The standard InChI is InChI=1S/C9H10ClN.ClH/c10-9-3-1-2-7-4-5-11-6-8(7)9;/h1-3,11H,4-6H2;1H. The van der Waals surface area contributed by atoms with E-state index in [4.69, 9.17) is 11.6 Å². The molecule has 0 bridgehead atoms. The van der Waals surface area contributed by atoms with Crippen LogP contribution in [0.15, 0.2) is 18.2 Å². The minimum absolute atomic E-state index is 0. The van der Waals surface area contributed by atoms with Crippen LogP contribution in [-0.2, 0) is 13.0 Å². The first-order valence-electron chi connectivity index (χ1n) is 3.85. The quantitative estimate of drug-likeness (QED) is 0.684. The second kappa shape index (κ2) is 4.13. The summed E-state index contributed by atoms with van der Waals surface area (Å²) in [5.74, 6) is 0. The summed E-state index contributed by atoms with van der Waals surface area (Å²) in [4.78, 5) is 0. The highest BCUT2D eigenvalue weighted by molar-refractivity contribution is 6.31. The van der Waals surface area contributed by atoms with Crippen LogP contribution in [0.3, 0.4) is 0 Å². The van der Waals surface area contributed by atoms with Gasteiger partial charge in [0.25, 0.3) is 0 Å². The Bertz CT molecular complexity index is 273. The Morgan fingerprint density at radius 3 is 2.92 bits per heavy atom. The van der Waals surface area contributed by atoms with Crippen LogP contribution in [0.5, 0.6) is 0 Å². The number of nitrogens with one attached hydrogen (secondary N) is 1. The van der Waals surface area contributed by atoms with Crippen LogP contribution in [0, 0.1) is 0 Å². The number of fused-ring (bicyclic) bond motifs is 1. The van der Waals surface area contributed by atoms with E-state index >= 15 is 0 Å². The van der Waals surface area contributed by atoms with Crippen LogP contribution in [0.1, 0.15) is 11.1 Å². The summed E-state index contributed by atoms with van der Waals surface area (Å²) in [6.07, 6.45) is 1.11. The topological polar surface area (TPSA) is 12.0 Å². The van der Waals surface area contributed by atoms with Crippen molar-refractivity contribution >= 4 is 24.0 Å². The van der Waals surface area contributed by atoms with Gasteiger partial charge in [-0.3, -0.25) is 0 Å². The Labute approximate surface area is 83.5 Å². The molecule has 2 rings (SSSR count). The third kappa shape index (κ3) is 1.74. The largest absolute Gasteiger partial charge is 0.312 e. The molecule has 0 aliphatic carbocycles. The number of hydrogen-bond donors (Lipinski definition) is 1. The van der Waals surface area contributed by atoms with Crippen molar-refractivity contribution in [3.63, 3.8) is 0 Å². The molecule has 1 aliphatic heterocycles. The number of halogens is 2. The van der Waals surface area contributed by atoms with Gasteiger partial charge in [0.2, 0.25) is 0 Å². The highest BCUT2D eigenvalue weighted by atomic mass is 35.5. The van der Waals surface area contributed by atoms with Gasteiger partial charge in [0.1, 0.15) is 0 Å². The predicted molar refractivity (Wildman–Crippen MR) is 54.1 cm³/mol. The van der Waals surface area contributed by atoms with Crippen molar-refractivity contribution in [3.05, 3.63) is 34.3 Å². The van der Waals surface area contributed by atoms with Crippen LogP contribution in [0.2, 0.25) is 5.02 Å². The molecule has 1 heterocycles. The van der Waals surface area contributed by atoms with Crippen molar-refractivity contribution in [2.24, 2.45) is 0 Å². The zero-order valence-electron chi connectivity index (χ0n) is 6.64. The van der Waals surface area contributed by atoms with E-state index in [-0.39, 0.29) is 12.4 Å². The van der Waals surface area contributed by atoms with Crippen LogP contribution in [0.25, 0.3) is 0 Å². The van der Waals surface area contributed by atoms with Crippen molar-refractivity contribution in [3.8, 4) is 0 Å². The zero-order valence-corrected chi connectivity index (χ0v) is 8.21. The smallest absolute Gasteiger partial charge is 0.0453 e. The molecule has 0 aromatic heterocycles. The summed E-state index contributed by atoms with van der Waals surface area (Å²) >= 11 is 6.00. The monoisotopic (exact) mass is 203 g/mol. The van der Waals surface area contributed by atoms with Crippen LogP contribution >= 0.6 is 24.0 Å². The molecular formula is C9H11Cl2N. The summed E-state index contributed by atoms with van der Waals surface area (Å²) < 4.78 is 0. The molecule has 12 heavy (non-hydrogen) atoms. The van der Waals surface area contributed by atoms with E-state index in [2.05, 4.69) is 11.4 Å². The van der Waals surface area contributed by atoms with Gasteiger partial charge in [-0.05, 0) is 30.2 Å². The maximum atomic E-state index is 6.00. The fourth-order valence-electron chi connectivity index (χ4n) is 1.47. The van der Waals surface area contributed by atoms with Gasteiger partial charge in [-0.15, -0.1) is 12.4 Å². The molecule has 0 spiro atoms. The number of rotatable bonds is 0. The molecule has 1 N–H and O–H groups in total. The molecule has 0 amide bonds. The average Bonchev–Trinajstić information content (AvgIpc) is 2.06. The minimum Gasteiger partial charge on any atom is -0.312 e. The summed E-state index contributed by atoms with van der Waals surface area (Å²) in [6, 6.07) is 6.13. The van der Waals surface area contributed by atoms with Crippen molar-refractivity contribution in [1.82, 2.24) is 5.32 Å². The van der Waals surface area contributed by atoms with Crippen molar-refractivity contribution in [2.75, 3.05) is 6.54 Å². The maximum absolute atomic E-state index is 6.00. The first-order chi connectivity index (χ1) is 5.38. The van der Waals surface area contributed by atoms with Gasteiger partial charge in [-0.1, -0.05) is 23.7 Å². The summed E-state index contributed by atoms with van der Waals surface area (Å²) in [5, 5.41) is 4.20. The average molecular weight is 204 g/mol. The van der Waals surface area contributed by atoms with Crippen molar-refractivity contribution < 1.29 is 0 Å². The molecule has 0 saturated carbocycles. The fraction of sp³-hybridized carbons (Fsp3) is 0.333. The van der Waals surface area contributed by atoms with Gasteiger partial charge in [0.15, 0.2) is 0 Å². The molecule has 66 valence electrons. The normalized spacial score (nSPS) is 14.8. The SMILES string of the molecule is Cl.Clc1cccc2c1CNCC2. The summed E-state index contributed by atoms with van der Waals surface area (Å²) in [5.41, 5.74) is 2.68. The molecule has 3 heteroatoms. The molecule has 1 aromatic carbocycles. The molecule has 1 aliphatic rings. The molecule has 0 fully saturated rings. The minimum atomic E-state index is 0. The van der Waals surface area contributed by atoms with Gasteiger partial charge in [-0.2, -0.15) is 0 Å². The molecule has 0 unspecified atom stereocenters. The lowest BCUT2D eigenvalue weighted by atomic mass is 10.0. The van der Waals surface area contributed by atoms with Crippen LogP contribution < -0.4 is 5.32 Å². The van der Waals surface area contributed by atoms with E-state index in [1.165, 1.54) is 11.1 Å². The number of benzene rings is 1. The van der Waals surface area contributed by atoms with Gasteiger partial charge in [0, 0.05) is 11.6 Å². The Kier molecular flexibility index (Phi) is 3.39. The first kappa shape index (κ1) is 9.85. The molecular weight excluding hydrogens is 193 g/mol. The lowest BCUT2D eigenvalue weighted by molar-refractivity contribution is 0.644. The second-order valence-corrected chi connectivity index (χ2v) is 3.21. The predicted octanol–water partition coefficient (Wildman–Crippen LogP) is 2.41. The van der Waals surface area contributed by atoms with Gasteiger partial charge < -0.3 is 5.32 Å². The molecule has 0 atom stereocenters. The lowest BCUT2D eigenvalue weighted by Gasteiger charge is -2.17. The Morgan fingerprint density at radius 1 is 1.33 bits per heavy atom. The zero-order chi connectivity index (χ0) is 7.68. The maximum Gasteiger partial charge on any atom is 0.0453 e. The summed E-state index contributed by atoms with van der Waals surface area (Å²) in [6.45, 7) is 2.00. The first-order valence-corrected chi connectivity index (χ1v) is 4.23. The third-order valence-electron chi connectivity index (χ3n) is 2.09. The third-order valence-corrected chi connectivity index (χ3v) is 2.44. The molecule has 0 radical (unpaired) electrons. The lowest BCUT2D eigenvalue weighted by Crippen LogP contribution is -2.23. The highest BCUT2D eigenvalue weighted by Gasteiger charge is 2.09. The summed E-state index contributed by atoms with van der Waals surface area (Å²) in [7, 11) is 0. The second-order valence-electron chi connectivity index (χ2n) is 2.80.